The zero-order valence-electron chi connectivity index (χ0n) is 12.9. The minimum Gasteiger partial charge on any atom is -0.316 e. The zero-order chi connectivity index (χ0) is 15.8. The van der Waals surface area contributed by atoms with Gasteiger partial charge in [-0.15, -0.1) is 0 Å². The lowest BCUT2D eigenvalue weighted by Gasteiger charge is -2.08. The topological polar surface area (TPSA) is 69.6 Å². The van der Waals surface area contributed by atoms with Crippen molar-refractivity contribution in [2.45, 2.75) is 20.4 Å². The Morgan fingerprint density at radius 3 is 2.61 bits per heavy atom. The highest BCUT2D eigenvalue weighted by atomic mass is 16.6. The van der Waals surface area contributed by atoms with Crippen molar-refractivity contribution >= 4 is 11.0 Å². The summed E-state index contributed by atoms with van der Waals surface area (Å²) >= 11 is 0. The van der Waals surface area contributed by atoms with Gasteiger partial charge in [-0.3, -0.25) is 4.98 Å². The monoisotopic (exact) mass is 305 g/mol. The summed E-state index contributed by atoms with van der Waals surface area (Å²) in [6, 6.07) is 14.0. The molecule has 0 unspecified atom stereocenters. The van der Waals surface area contributed by atoms with Crippen LogP contribution in [0.3, 0.4) is 0 Å². The molecule has 0 saturated heterocycles. The van der Waals surface area contributed by atoms with E-state index in [1.54, 1.807) is 0 Å². The molecule has 1 aromatic carbocycles. The zero-order valence-corrected chi connectivity index (χ0v) is 12.9. The summed E-state index contributed by atoms with van der Waals surface area (Å²) in [5.41, 5.74) is 5.30. The number of nitrogens with zero attached hydrogens (tertiary/aromatic N) is 5. The van der Waals surface area contributed by atoms with Crippen LogP contribution in [0.4, 0.5) is 0 Å². The molecule has 0 fully saturated rings. The normalized spacial score (nSPS) is 11.2. The van der Waals surface area contributed by atoms with E-state index in [-0.39, 0.29) is 0 Å². The van der Waals surface area contributed by atoms with E-state index in [1.807, 2.05) is 56.3 Å². The Morgan fingerprint density at radius 1 is 0.957 bits per heavy atom. The fourth-order valence-electron chi connectivity index (χ4n) is 2.70. The third-order valence-corrected chi connectivity index (χ3v) is 3.79. The first-order valence-corrected chi connectivity index (χ1v) is 7.40. The van der Waals surface area contributed by atoms with Gasteiger partial charge in [0, 0.05) is 5.69 Å². The molecule has 0 radical (unpaired) electrons. The van der Waals surface area contributed by atoms with Crippen molar-refractivity contribution < 1.29 is 4.63 Å². The maximum atomic E-state index is 4.85. The van der Waals surface area contributed by atoms with Crippen LogP contribution >= 0.6 is 0 Å². The van der Waals surface area contributed by atoms with Crippen LogP contribution < -0.4 is 0 Å². The van der Waals surface area contributed by atoms with Crippen LogP contribution in [-0.2, 0) is 6.54 Å². The SMILES string of the molecule is Cc1cccc(Cn2c(-c3nonc3C)nc3ccccc32)n1. The fourth-order valence-corrected chi connectivity index (χ4v) is 2.70. The third kappa shape index (κ3) is 2.38. The average molecular weight is 305 g/mol. The Labute approximate surface area is 132 Å². The van der Waals surface area contributed by atoms with Crippen LogP contribution in [0.5, 0.6) is 0 Å². The van der Waals surface area contributed by atoms with E-state index < -0.39 is 0 Å². The lowest BCUT2D eigenvalue weighted by Crippen LogP contribution is -2.05. The number of aryl methyl sites for hydroxylation is 2. The molecular weight excluding hydrogens is 290 g/mol. The molecule has 3 heterocycles. The number of imidazole rings is 1. The van der Waals surface area contributed by atoms with E-state index in [0.29, 0.717) is 12.2 Å². The highest BCUT2D eigenvalue weighted by Crippen LogP contribution is 2.25. The predicted molar refractivity (Wildman–Crippen MR) is 85.8 cm³/mol. The molecule has 0 bridgehead atoms. The molecule has 114 valence electrons. The Kier molecular flexibility index (Phi) is 3.15. The van der Waals surface area contributed by atoms with E-state index >= 15 is 0 Å². The van der Waals surface area contributed by atoms with Crippen molar-refractivity contribution in [2.24, 2.45) is 0 Å². The molecule has 23 heavy (non-hydrogen) atoms. The van der Waals surface area contributed by atoms with Crippen molar-refractivity contribution in [3.05, 3.63) is 59.5 Å². The Bertz CT molecular complexity index is 985. The molecule has 0 atom stereocenters. The van der Waals surface area contributed by atoms with Crippen molar-refractivity contribution in [3.63, 3.8) is 0 Å². The van der Waals surface area contributed by atoms with Gasteiger partial charge in [0.15, 0.2) is 11.5 Å². The number of para-hydroxylation sites is 2. The smallest absolute Gasteiger partial charge is 0.173 e. The molecule has 6 nitrogen and oxygen atoms in total. The van der Waals surface area contributed by atoms with Gasteiger partial charge in [0.05, 0.1) is 23.3 Å². The number of hydrogen-bond donors (Lipinski definition) is 0. The van der Waals surface area contributed by atoms with Gasteiger partial charge in [0.2, 0.25) is 0 Å². The number of pyridine rings is 1. The molecule has 0 spiro atoms. The van der Waals surface area contributed by atoms with Crippen LogP contribution in [0.2, 0.25) is 0 Å². The average Bonchev–Trinajstić information content (AvgIpc) is 3.11. The molecule has 0 aliphatic carbocycles. The fraction of sp³-hybridized carbons (Fsp3) is 0.176. The van der Waals surface area contributed by atoms with E-state index in [1.165, 1.54) is 0 Å². The first-order valence-electron chi connectivity index (χ1n) is 7.40. The summed E-state index contributed by atoms with van der Waals surface area (Å²) < 4.78 is 6.95. The number of benzene rings is 1. The summed E-state index contributed by atoms with van der Waals surface area (Å²) in [4.78, 5) is 9.30. The Hall–Kier alpha value is -3.02. The quantitative estimate of drug-likeness (QED) is 0.581. The maximum absolute atomic E-state index is 4.85. The predicted octanol–water partition coefficient (Wildman–Crippen LogP) is 3.15. The van der Waals surface area contributed by atoms with Crippen molar-refractivity contribution in [3.8, 4) is 11.5 Å². The largest absolute Gasteiger partial charge is 0.316 e. The Morgan fingerprint density at radius 2 is 1.83 bits per heavy atom. The summed E-state index contributed by atoms with van der Waals surface area (Å²) in [5, 5.41) is 7.88. The standard InChI is InChI=1S/C17H15N5O/c1-11-6-5-7-13(18-11)10-22-15-9-4-3-8-14(15)19-17(22)16-12(2)20-23-21-16/h3-9H,10H2,1-2H3. The number of rotatable bonds is 3. The van der Waals surface area contributed by atoms with Gasteiger partial charge < -0.3 is 4.57 Å². The van der Waals surface area contributed by atoms with Crippen LogP contribution in [0.25, 0.3) is 22.6 Å². The molecule has 6 heteroatoms. The van der Waals surface area contributed by atoms with Gasteiger partial charge in [-0.05, 0) is 43.3 Å². The molecule has 0 N–H and O–H groups in total. The highest BCUT2D eigenvalue weighted by molar-refractivity contribution is 5.80. The summed E-state index contributed by atoms with van der Waals surface area (Å²) in [6.45, 7) is 4.46. The van der Waals surface area contributed by atoms with Crippen molar-refractivity contribution in [1.29, 1.82) is 0 Å². The number of aromatic nitrogens is 5. The van der Waals surface area contributed by atoms with Crippen molar-refractivity contribution in [2.75, 3.05) is 0 Å². The van der Waals surface area contributed by atoms with Gasteiger partial charge in [-0.25, -0.2) is 9.61 Å². The van der Waals surface area contributed by atoms with E-state index in [2.05, 4.69) is 19.9 Å². The van der Waals surface area contributed by atoms with Crippen LogP contribution in [0, 0.1) is 13.8 Å². The van der Waals surface area contributed by atoms with E-state index in [0.717, 1.165) is 33.9 Å². The summed E-state index contributed by atoms with van der Waals surface area (Å²) in [6.07, 6.45) is 0. The van der Waals surface area contributed by atoms with Crippen molar-refractivity contribution in [1.82, 2.24) is 24.8 Å². The molecule has 3 aromatic heterocycles. The minimum atomic E-state index is 0.615. The van der Waals surface area contributed by atoms with Crippen LogP contribution in [0.1, 0.15) is 17.1 Å². The first-order chi connectivity index (χ1) is 11.2. The van der Waals surface area contributed by atoms with Gasteiger partial charge in [0.1, 0.15) is 5.69 Å². The number of hydrogen-bond acceptors (Lipinski definition) is 5. The van der Waals surface area contributed by atoms with Gasteiger partial charge in [0.25, 0.3) is 0 Å². The molecule has 4 aromatic rings. The lowest BCUT2D eigenvalue weighted by atomic mass is 10.2. The third-order valence-electron chi connectivity index (χ3n) is 3.79. The van der Waals surface area contributed by atoms with Gasteiger partial charge in [-0.2, -0.15) is 0 Å². The Balaban J connectivity index is 1.91. The minimum absolute atomic E-state index is 0.615. The second-order valence-corrected chi connectivity index (χ2v) is 5.48. The first kappa shape index (κ1) is 13.6. The molecule has 0 aliphatic rings. The van der Waals surface area contributed by atoms with E-state index in [4.69, 9.17) is 9.61 Å². The maximum Gasteiger partial charge on any atom is 0.173 e. The molecular formula is C17H15N5O. The number of fused-ring (bicyclic) bond motifs is 1. The van der Waals surface area contributed by atoms with Crippen LogP contribution in [0.15, 0.2) is 47.1 Å². The second kappa shape index (κ2) is 5.31. The summed E-state index contributed by atoms with van der Waals surface area (Å²) in [5.74, 6) is 0.744. The van der Waals surface area contributed by atoms with Gasteiger partial charge in [-0.1, -0.05) is 23.4 Å². The lowest BCUT2D eigenvalue weighted by molar-refractivity contribution is 0.305. The molecule has 4 rings (SSSR count). The summed E-state index contributed by atoms with van der Waals surface area (Å²) in [7, 11) is 0. The molecule has 0 amide bonds. The molecule has 0 aliphatic heterocycles. The molecule has 0 saturated carbocycles. The van der Waals surface area contributed by atoms with Crippen LogP contribution in [-0.4, -0.2) is 24.8 Å². The van der Waals surface area contributed by atoms with E-state index in [9.17, 15) is 0 Å². The van der Waals surface area contributed by atoms with Gasteiger partial charge >= 0.3 is 0 Å². The second-order valence-electron chi connectivity index (χ2n) is 5.48. The highest BCUT2D eigenvalue weighted by Gasteiger charge is 2.18.